The molecule has 2 aliphatic rings. The van der Waals surface area contributed by atoms with E-state index < -0.39 is 23.6 Å². The van der Waals surface area contributed by atoms with Crippen molar-refractivity contribution in [3.05, 3.63) is 70.7 Å². The molecule has 8 nitrogen and oxygen atoms in total. The van der Waals surface area contributed by atoms with Crippen molar-refractivity contribution in [3.63, 3.8) is 0 Å². The van der Waals surface area contributed by atoms with Gasteiger partial charge >= 0.3 is 12.2 Å². The van der Waals surface area contributed by atoms with Crippen molar-refractivity contribution in [1.29, 1.82) is 0 Å². The van der Waals surface area contributed by atoms with Crippen LogP contribution in [0.1, 0.15) is 22.3 Å². The van der Waals surface area contributed by atoms with Gasteiger partial charge in [-0.2, -0.15) is 18.2 Å². The van der Waals surface area contributed by atoms with Gasteiger partial charge in [-0.15, -0.1) is 0 Å². The first-order valence-corrected chi connectivity index (χ1v) is 11.3. The van der Waals surface area contributed by atoms with Crippen LogP contribution < -0.4 is 20.9 Å². The molecule has 0 aliphatic carbocycles. The van der Waals surface area contributed by atoms with Crippen molar-refractivity contribution in [2.75, 3.05) is 41.0 Å². The first-order valence-electron chi connectivity index (χ1n) is 11.3. The molecule has 3 heterocycles. The number of alkyl halides is 3. The Hall–Kier alpha value is -4.48. The third-order valence-electron chi connectivity index (χ3n) is 5.96. The van der Waals surface area contributed by atoms with Crippen LogP contribution in [0.3, 0.4) is 0 Å². The van der Waals surface area contributed by atoms with Gasteiger partial charge in [0.15, 0.2) is 0 Å². The Morgan fingerprint density at radius 2 is 1.95 bits per heavy atom. The van der Waals surface area contributed by atoms with Gasteiger partial charge < -0.3 is 20.9 Å². The second kappa shape index (κ2) is 9.19. The molecule has 3 N–H and O–H groups in total. The number of aryl methyl sites for hydroxylation is 1. The van der Waals surface area contributed by atoms with Crippen LogP contribution in [0.4, 0.5) is 45.5 Å². The van der Waals surface area contributed by atoms with E-state index in [0.29, 0.717) is 47.4 Å². The number of aliphatic imine (C=N–C) groups is 1. The fourth-order valence-corrected chi connectivity index (χ4v) is 4.24. The van der Waals surface area contributed by atoms with Crippen molar-refractivity contribution >= 4 is 46.7 Å². The van der Waals surface area contributed by atoms with E-state index in [1.807, 2.05) is 11.0 Å². The maximum atomic E-state index is 14.8. The summed E-state index contributed by atoms with van der Waals surface area (Å²) in [6.07, 6.45) is -1.01. The van der Waals surface area contributed by atoms with E-state index in [2.05, 4.69) is 30.9 Å². The predicted octanol–water partition coefficient (Wildman–Crippen LogP) is 5.40. The molecular weight excluding hydrogens is 490 g/mol. The van der Waals surface area contributed by atoms with Crippen LogP contribution in [0.15, 0.2) is 47.6 Å². The summed E-state index contributed by atoms with van der Waals surface area (Å²) in [5.41, 5.74) is 1.58. The maximum absolute atomic E-state index is 14.8. The molecule has 12 heteroatoms. The average Bonchev–Trinajstić information content (AvgIpc) is 3.35. The van der Waals surface area contributed by atoms with Gasteiger partial charge in [0.25, 0.3) is 0 Å². The molecule has 0 atom stereocenters. The number of amides is 2. The SMILES string of the molecule is CNc1ncc2c(n1)N1CCN=C1C(c1cc(NC(=O)Nc3cccc(C(F)(F)F)c3)c(F)cc1C)=C2. The zero-order chi connectivity index (χ0) is 26.3. The largest absolute Gasteiger partial charge is 0.416 e. The molecule has 3 aromatic rings. The lowest BCUT2D eigenvalue weighted by Crippen LogP contribution is -2.32. The van der Waals surface area contributed by atoms with Gasteiger partial charge in [-0.3, -0.25) is 4.99 Å². The lowest BCUT2D eigenvalue weighted by atomic mass is 9.94. The predicted molar refractivity (Wildman–Crippen MR) is 134 cm³/mol. The average molecular weight is 511 g/mol. The first-order chi connectivity index (χ1) is 17.6. The number of urea groups is 1. The summed E-state index contributed by atoms with van der Waals surface area (Å²) >= 11 is 0. The lowest BCUT2D eigenvalue weighted by molar-refractivity contribution is -0.137. The van der Waals surface area contributed by atoms with Crippen molar-refractivity contribution in [2.24, 2.45) is 4.99 Å². The van der Waals surface area contributed by atoms with Crippen molar-refractivity contribution < 1.29 is 22.4 Å². The smallest absolute Gasteiger partial charge is 0.357 e. The number of halogens is 4. The zero-order valence-electron chi connectivity index (χ0n) is 19.7. The third-order valence-corrected chi connectivity index (χ3v) is 5.96. The number of anilines is 4. The van der Waals surface area contributed by atoms with Crippen LogP contribution in [0.2, 0.25) is 0 Å². The third kappa shape index (κ3) is 4.69. The van der Waals surface area contributed by atoms with E-state index >= 15 is 0 Å². The van der Waals surface area contributed by atoms with Gasteiger partial charge in [0.1, 0.15) is 17.5 Å². The molecular formula is C25H21F4N7O. The second-order valence-corrected chi connectivity index (χ2v) is 8.44. The highest BCUT2D eigenvalue weighted by atomic mass is 19.4. The van der Waals surface area contributed by atoms with Gasteiger partial charge in [0, 0.05) is 36.6 Å². The first kappa shape index (κ1) is 24.2. The molecule has 5 rings (SSSR count). The monoisotopic (exact) mass is 511 g/mol. The summed E-state index contributed by atoms with van der Waals surface area (Å²) in [7, 11) is 1.73. The number of benzene rings is 2. The highest BCUT2D eigenvalue weighted by Crippen LogP contribution is 2.37. The van der Waals surface area contributed by atoms with E-state index in [1.165, 1.54) is 24.3 Å². The Labute approximate surface area is 209 Å². The summed E-state index contributed by atoms with van der Waals surface area (Å²) in [6, 6.07) is 6.06. The molecule has 37 heavy (non-hydrogen) atoms. The van der Waals surface area contributed by atoms with Crippen LogP contribution in [0, 0.1) is 12.7 Å². The number of carbonyl (C=O) groups excluding carboxylic acids is 1. The van der Waals surface area contributed by atoms with E-state index in [0.717, 1.165) is 17.7 Å². The number of nitrogens with one attached hydrogen (secondary N) is 3. The molecule has 0 saturated heterocycles. The number of carbonyl (C=O) groups is 1. The van der Waals surface area contributed by atoms with Crippen molar-refractivity contribution in [3.8, 4) is 0 Å². The Kier molecular flexibility index (Phi) is 6.02. The molecule has 2 amide bonds. The lowest BCUT2D eigenvalue weighted by Gasteiger charge is -2.28. The fourth-order valence-electron chi connectivity index (χ4n) is 4.24. The van der Waals surface area contributed by atoms with Crippen LogP contribution >= 0.6 is 0 Å². The van der Waals surface area contributed by atoms with Gasteiger partial charge in [-0.05, 0) is 54.5 Å². The summed E-state index contributed by atoms with van der Waals surface area (Å²) in [5.74, 6) is 1.16. The molecule has 0 spiro atoms. The maximum Gasteiger partial charge on any atom is 0.416 e. The summed E-state index contributed by atoms with van der Waals surface area (Å²) < 4.78 is 53.8. The number of fused-ring (bicyclic) bond motifs is 3. The fraction of sp³-hybridized carbons (Fsp3) is 0.200. The molecule has 0 unspecified atom stereocenters. The molecule has 2 aliphatic heterocycles. The minimum absolute atomic E-state index is 0.0800. The molecule has 0 radical (unpaired) electrons. The molecule has 0 bridgehead atoms. The van der Waals surface area contributed by atoms with E-state index in [9.17, 15) is 22.4 Å². The quantitative estimate of drug-likeness (QED) is 0.408. The van der Waals surface area contributed by atoms with Crippen LogP contribution in [0.25, 0.3) is 11.6 Å². The van der Waals surface area contributed by atoms with E-state index in [-0.39, 0.29) is 11.4 Å². The highest BCUT2D eigenvalue weighted by molar-refractivity contribution is 6.36. The number of hydrogen-bond donors (Lipinski definition) is 3. The van der Waals surface area contributed by atoms with Gasteiger partial charge in [-0.1, -0.05) is 6.07 Å². The van der Waals surface area contributed by atoms with E-state index in [1.54, 1.807) is 20.2 Å². The van der Waals surface area contributed by atoms with Crippen LogP contribution in [-0.2, 0) is 6.18 Å². The number of aromatic nitrogens is 2. The zero-order valence-corrected chi connectivity index (χ0v) is 19.7. The summed E-state index contributed by atoms with van der Waals surface area (Å²) in [5, 5.41) is 7.63. The molecule has 190 valence electrons. The summed E-state index contributed by atoms with van der Waals surface area (Å²) in [6.45, 7) is 2.90. The standard InChI is InChI=1S/C25H21F4N7O/c1-13-8-19(26)20(34-24(37)33-16-5-3-4-15(10-16)25(27,28)29)11-17(13)18-9-14-12-32-23(30-2)35-21(14)36-7-6-31-22(18)36/h3-5,8-12H,6-7H2,1-2H3,(H,30,32,35)(H2,33,34,37). The second-order valence-electron chi connectivity index (χ2n) is 8.44. The number of amidine groups is 1. The van der Waals surface area contributed by atoms with E-state index in [4.69, 9.17) is 0 Å². The molecule has 0 fully saturated rings. The Morgan fingerprint density at radius 1 is 1.14 bits per heavy atom. The minimum atomic E-state index is -4.56. The molecule has 2 aromatic carbocycles. The van der Waals surface area contributed by atoms with Gasteiger partial charge in [0.05, 0.1) is 17.8 Å². The number of nitrogens with zero attached hydrogens (tertiary/aromatic N) is 4. The number of hydrogen-bond acceptors (Lipinski definition) is 6. The van der Waals surface area contributed by atoms with Crippen molar-refractivity contribution in [1.82, 2.24) is 9.97 Å². The Morgan fingerprint density at radius 3 is 2.70 bits per heavy atom. The molecule has 0 saturated carbocycles. The molecule has 1 aromatic heterocycles. The normalized spacial score (nSPS) is 14.4. The van der Waals surface area contributed by atoms with Crippen molar-refractivity contribution in [2.45, 2.75) is 13.1 Å². The van der Waals surface area contributed by atoms with Crippen LogP contribution in [-0.4, -0.2) is 42.0 Å². The highest BCUT2D eigenvalue weighted by Gasteiger charge is 2.32. The Bertz CT molecular complexity index is 1470. The minimum Gasteiger partial charge on any atom is -0.357 e. The Balaban J connectivity index is 1.46. The summed E-state index contributed by atoms with van der Waals surface area (Å²) in [4.78, 5) is 27.9. The topological polar surface area (TPSA) is 94.5 Å². The van der Waals surface area contributed by atoms with Gasteiger partial charge in [-0.25, -0.2) is 14.2 Å². The van der Waals surface area contributed by atoms with Crippen LogP contribution in [0.5, 0.6) is 0 Å². The number of rotatable bonds is 4. The van der Waals surface area contributed by atoms with Gasteiger partial charge in [0.2, 0.25) is 5.95 Å².